The molecule has 0 amide bonds. The summed E-state index contributed by atoms with van der Waals surface area (Å²) in [6.45, 7) is 2.05. The molecular weight excluding hydrogens is 350 g/mol. The van der Waals surface area contributed by atoms with Crippen molar-refractivity contribution >= 4 is 11.6 Å². The quantitative estimate of drug-likeness (QED) is 0.733. The molecule has 0 aliphatic carbocycles. The molecule has 2 aromatic carbocycles. The van der Waals surface area contributed by atoms with E-state index in [-0.39, 0.29) is 5.56 Å². The summed E-state index contributed by atoms with van der Waals surface area (Å²) in [6.07, 6.45) is 1.37. The van der Waals surface area contributed by atoms with Crippen molar-refractivity contribution in [2.75, 3.05) is 0 Å². The van der Waals surface area contributed by atoms with Crippen molar-refractivity contribution < 1.29 is 4.74 Å². The summed E-state index contributed by atoms with van der Waals surface area (Å²) >= 11 is 6.05. The van der Waals surface area contributed by atoms with Gasteiger partial charge in [-0.15, -0.1) is 0 Å². The zero-order valence-electron chi connectivity index (χ0n) is 14.1. The first kappa shape index (κ1) is 17.7. The average molecular weight is 366 g/mol. The van der Waals surface area contributed by atoms with Crippen LogP contribution >= 0.6 is 11.6 Å². The van der Waals surface area contributed by atoms with E-state index in [0.29, 0.717) is 28.5 Å². The normalized spacial score (nSPS) is 10.3. The van der Waals surface area contributed by atoms with Gasteiger partial charge in [0.05, 0.1) is 17.3 Å². The number of hydrogen-bond donors (Lipinski definition) is 1. The van der Waals surface area contributed by atoms with Crippen LogP contribution in [0.1, 0.15) is 29.3 Å². The number of ether oxygens (including phenoxy) is 1. The second kappa shape index (κ2) is 7.85. The minimum absolute atomic E-state index is 0.228. The molecule has 0 unspecified atom stereocenters. The van der Waals surface area contributed by atoms with Gasteiger partial charge >= 0.3 is 0 Å². The Morgan fingerprint density at radius 1 is 1.19 bits per heavy atom. The number of aromatic amines is 1. The van der Waals surface area contributed by atoms with E-state index >= 15 is 0 Å². The van der Waals surface area contributed by atoms with Crippen LogP contribution in [0.2, 0.25) is 5.02 Å². The second-order valence-electron chi connectivity index (χ2n) is 5.77. The number of H-pyrrole nitrogens is 1. The third-order valence-electron chi connectivity index (χ3n) is 3.86. The molecule has 0 aliphatic rings. The molecule has 5 nitrogen and oxygen atoms in total. The van der Waals surface area contributed by atoms with Crippen molar-refractivity contribution in [3.8, 4) is 17.6 Å². The van der Waals surface area contributed by atoms with E-state index < -0.39 is 0 Å². The van der Waals surface area contributed by atoms with Crippen LogP contribution in [0.3, 0.4) is 0 Å². The van der Waals surface area contributed by atoms with Crippen LogP contribution < -0.4 is 10.3 Å². The molecule has 26 heavy (non-hydrogen) atoms. The number of benzene rings is 2. The van der Waals surface area contributed by atoms with Crippen molar-refractivity contribution in [1.29, 1.82) is 5.26 Å². The Balaban J connectivity index is 1.90. The van der Waals surface area contributed by atoms with Crippen LogP contribution in [0.25, 0.3) is 0 Å². The van der Waals surface area contributed by atoms with Crippen molar-refractivity contribution in [2.24, 2.45) is 0 Å². The van der Waals surface area contributed by atoms with Gasteiger partial charge in [0.2, 0.25) is 0 Å². The van der Waals surface area contributed by atoms with Crippen molar-refractivity contribution in [1.82, 2.24) is 10.2 Å². The topological polar surface area (TPSA) is 78.8 Å². The van der Waals surface area contributed by atoms with Gasteiger partial charge in [0.15, 0.2) is 0 Å². The molecule has 0 fully saturated rings. The Hall–Kier alpha value is -3.10. The summed E-state index contributed by atoms with van der Waals surface area (Å²) in [5.41, 5.74) is 3.02. The van der Waals surface area contributed by atoms with Gasteiger partial charge < -0.3 is 4.74 Å². The van der Waals surface area contributed by atoms with E-state index in [1.807, 2.05) is 25.1 Å². The third kappa shape index (κ3) is 4.29. The van der Waals surface area contributed by atoms with Crippen LogP contribution in [0, 0.1) is 11.3 Å². The van der Waals surface area contributed by atoms with Gasteiger partial charge in [-0.2, -0.15) is 10.4 Å². The first-order valence-corrected chi connectivity index (χ1v) is 8.50. The Labute approximate surface area is 155 Å². The molecule has 1 heterocycles. The van der Waals surface area contributed by atoms with Gasteiger partial charge in [-0.1, -0.05) is 30.7 Å². The second-order valence-corrected chi connectivity index (χ2v) is 6.21. The summed E-state index contributed by atoms with van der Waals surface area (Å²) in [5, 5.41) is 16.0. The maximum Gasteiger partial charge on any atom is 0.264 e. The van der Waals surface area contributed by atoms with Crippen molar-refractivity contribution in [3.63, 3.8) is 0 Å². The monoisotopic (exact) mass is 365 g/mol. The zero-order valence-corrected chi connectivity index (χ0v) is 14.9. The van der Waals surface area contributed by atoms with E-state index in [9.17, 15) is 4.79 Å². The minimum Gasteiger partial charge on any atom is -0.457 e. The number of aryl methyl sites for hydroxylation is 1. The number of nitriles is 1. The molecule has 6 heteroatoms. The fourth-order valence-electron chi connectivity index (χ4n) is 2.59. The number of nitrogens with zero attached hydrogens (tertiary/aromatic N) is 2. The van der Waals surface area contributed by atoms with Crippen LogP contribution in [-0.4, -0.2) is 10.2 Å². The molecule has 0 aliphatic heterocycles. The van der Waals surface area contributed by atoms with E-state index in [1.165, 1.54) is 6.07 Å². The highest BCUT2D eigenvalue weighted by atomic mass is 35.5. The molecule has 0 bridgehead atoms. The lowest BCUT2D eigenvalue weighted by Gasteiger charge is -2.13. The zero-order chi connectivity index (χ0) is 18.5. The Morgan fingerprint density at radius 3 is 2.73 bits per heavy atom. The third-order valence-corrected chi connectivity index (χ3v) is 4.08. The summed E-state index contributed by atoms with van der Waals surface area (Å²) in [7, 11) is 0. The lowest BCUT2D eigenvalue weighted by molar-refractivity contribution is 0.476. The summed E-state index contributed by atoms with van der Waals surface area (Å²) < 4.78 is 6.01. The maximum absolute atomic E-state index is 11.1. The van der Waals surface area contributed by atoms with Crippen molar-refractivity contribution in [3.05, 3.63) is 86.3 Å². The number of hydrogen-bond acceptors (Lipinski definition) is 4. The van der Waals surface area contributed by atoms with Gasteiger partial charge in [0.1, 0.15) is 11.5 Å². The summed E-state index contributed by atoms with van der Waals surface area (Å²) in [6, 6.07) is 16.1. The van der Waals surface area contributed by atoms with Crippen LogP contribution in [-0.2, 0) is 12.8 Å². The fourth-order valence-corrected chi connectivity index (χ4v) is 2.82. The van der Waals surface area contributed by atoms with E-state index in [4.69, 9.17) is 21.6 Å². The summed E-state index contributed by atoms with van der Waals surface area (Å²) in [5.74, 6) is 1.23. The molecule has 0 radical (unpaired) electrons. The molecule has 3 aromatic rings. The predicted octanol–water partition coefficient (Wildman–Crippen LogP) is 4.24. The maximum atomic E-state index is 11.1. The molecule has 1 aromatic heterocycles. The fraction of sp³-hybridized carbons (Fsp3) is 0.150. The molecular formula is C20H16ClN3O2. The van der Waals surface area contributed by atoms with Gasteiger partial charge in [-0.25, -0.2) is 5.10 Å². The number of aromatic nitrogens is 2. The largest absolute Gasteiger partial charge is 0.457 e. The van der Waals surface area contributed by atoms with Gasteiger partial charge in [0, 0.05) is 17.5 Å². The first-order valence-electron chi connectivity index (χ1n) is 8.12. The summed E-state index contributed by atoms with van der Waals surface area (Å²) in [4.78, 5) is 11.1. The highest BCUT2D eigenvalue weighted by Crippen LogP contribution is 2.30. The number of nitrogens with one attached hydrogen (secondary N) is 1. The molecule has 130 valence electrons. The molecule has 0 saturated carbocycles. The molecule has 0 spiro atoms. The SMILES string of the molecule is CCc1ccc(Cc2ccc(=O)[nH]n2)cc1Oc1cc(Cl)cc(C#N)c1. The van der Waals surface area contributed by atoms with Gasteiger partial charge in [-0.05, 0) is 47.9 Å². The average Bonchev–Trinajstić information content (AvgIpc) is 2.63. The van der Waals surface area contributed by atoms with Crippen molar-refractivity contribution in [2.45, 2.75) is 19.8 Å². The predicted molar refractivity (Wildman–Crippen MR) is 99.7 cm³/mol. The van der Waals surface area contributed by atoms with Crippen LogP contribution in [0.4, 0.5) is 0 Å². The lowest BCUT2D eigenvalue weighted by atomic mass is 10.0. The minimum atomic E-state index is -0.228. The Bertz CT molecular complexity index is 1020. The highest BCUT2D eigenvalue weighted by Gasteiger charge is 2.09. The Morgan fingerprint density at radius 2 is 2.04 bits per heavy atom. The standard InChI is InChI=1S/C20H16ClN3O2/c1-2-15-4-3-13(8-17-5-6-20(25)24-23-17)10-19(15)26-18-9-14(12-22)7-16(21)11-18/h3-7,9-11H,2,8H2,1H3,(H,24,25). The molecule has 0 atom stereocenters. The van der Waals surface area contributed by atoms with Gasteiger partial charge in [-0.3, -0.25) is 4.79 Å². The number of rotatable bonds is 5. The Kier molecular flexibility index (Phi) is 5.35. The van der Waals surface area contributed by atoms with Crippen LogP contribution in [0.15, 0.2) is 53.3 Å². The lowest BCUT2D eigenvalue weighted by Crippen LogP contribution is -2.07. The molecule has 1 N–H and O–H groups in total. The first-order chi connectivity index (χ1) is 12.6. The van der Waals surface area contributed by atoms with Gasteiger partial charge in [0.25, 0.3) is 5.56 Å². The van der Waals surface area contributed by atoms with E-state index in [2.05, 4.69) is 16.3 Å². The molecule has 3 rings (SSSR count). The number of halogens is 1. The molecule has 0 saturated heterocycles. The highest BCUT2D eigenvalue weighted by molar-refractivity contribution is 6.30. The smallest absolute Gasteiger partial charge is 0.264 e. The van der Waals surface area contributed by atoms with E-state index in [0.717, 1.165) is 23.2 Å². The van der Waals surface area contributed by atoms with E-state index in [1.54, 1.807) is 24.3 Å². The van der Waals surface area contributed by atoms with Crippen LogP contribution in [0.5, 0.6) is 11.5 Å².